The quantitative estimate of drug-likeness (QED) is 0.878. The van der Waals surface area contributed by atoms with E-state index in [0.717, 1.165) is 4.88 Å². The highest BCUT2D eigenvalue weighted by Gasteiger charge is 2.41. The van der Waals surface area contributed by atoms with Gasteiger partial charge < -0.3 is 10.6 Å². The number of piperidine rings is 1. The van der Waals surface area contributed by atoms with Gasteiger partial charge in [0, 0.05) is 29.4 Å². The van der Waals surface area contributed by atoms with Gasteiger partial charge in [0.25, 0.3) is 0 Å². The topological polar surface area (TPSA) is 41.1 Å². The fourth-order valence-electron chi connectivity index (χ4n) is 2.31. The van der Waals surface area contributed by atoms with Gasteiger partial charge >= 0.3 is 12.1 Å². The Hall–Kier alpha value is -1.08. The smallest absolute Gasteiger partial charge is 0.344 e. The molecule has 1 fully saturated rings. The second-order valence-corrected chi connectivity index (χ2v) is 5.70. The number of carbonyl (C=O) groups is 1. The molecule has 1 aliphatic heterocycles. The maximum atomic E-state index is 12.2. The predicted octanol–water partition coefficient (Wildman–Crippen LogP) is 2.26. The van der Waals surface area contributed by atoms with E-state index in [1.807, 2.05) is 29.8 Å². The number of carbonyl (C=O) groups excluding carboxylic acids is 1. The Balaban J connectivity index is 2.00. The molecular weight excluding hydrogens is 277 g/mol. The molecule has 7 heteroatoms. The van der Waals surface area contributed by atoms with Crippen molar-refractivity contribution < 1.29 is 18.0 Å². The van der Waals surface area contributed by atoms with Gasteiger partial charge in [-0.3, -0.25) is 4.79 Å². The van der Waals surface area contributed by atoms with E-state index in [9.17, 15) is 18.0 Å². The fourth-order valence-corrected chi connectivity index (χ4v) is 3.25. The summed E-state index contributed by atoms with van der Waals surface area (Å²) in [5, 5.41) is 7.15. The summed E-state index contributed by atoms with van der Waals surface area (Å²) in [6.45, 7) is 2.37. The van der Waals surface area contributed by atoms with Crippen molar-refractivity contribution in [1.82, 2.24) is 10.6 Å². The molecule has 3 unspecified atom stereocenters. The molecule has 19 heavy (non-hydrogen) atoms. The Morgan fingerprint density at radius 2 is 2.26 bits per heavy atom. The van der Waals surface area contributed by atoms with Gasteiger partial charge in [0.05, 0.1) is 0 Å². The number of hydrogen-bond acceptors (Lipinski definition) is 3. The summed E-state index contributed by atoms with van der Waals surface area (Å²) in [6.07, 6.45) is -4.29. The first kappa shape index (κ1) is 14.3. The van der Waals surface area contributed by atoms with Gasteiger partial charge in [0.15, 0.2) is 0 Å². The molecule has 1 aromatic rings. The number of amides is 1. The molecule has 3 nitrogen and oxygen atoms in total. The van der Waals surface area contributed by atoms with Gasteiger partial charge in [-0.1, -0.05) is 6.07 Å². The summed E-state index contributed by atoms with van der Waals surface area (Å²) in [5.41, 5.74) is 0. The number of hydrogen-bond donors (Lipinski definition) is 2. The SMILES string of the molecule is CC1NCC(NC(=O)C(F)(F)F)CC1c1cccs1. The second kappa shape index (κ2) is 5.50. The lowest BCUT2D eigenvalue weighted by Crippen LogP contribution is -2.54. The van der Waals surface area contributed by atoms with Gasteiger partial charge in [-0.2, -0.15) is 13.2 Å². The lowest BCUT2D eigenvalue weighted by Gasteiger charge is -2.35. The van der Waals surface area contributed by atoms with Crippen LogP contribution < -0.4 is 10.6 Å². The zero-order chi connectivity index (χ0) is 14.0. The molecule has 106 valence electrons. The highest BCUT2D eigenvalue weighted by Crippen LogP contribution is 2.31. The van der Waals surface area contributed by atoms with Gasteiger partial charge in [0.2, 0.25) is 0 Å². The minimum atomic E-state index is -4.82. The minimum absolute atomic E-state index is 0.132. The zero-order valence-electron chi connectivity index (χ0n) is 10.3. The monoisotopic (exact) mass is 292 g/mol. The highest BCUT2D eigenvalue weighted by atomic mass is 32.1. The van der Waals surface area contributed by atoms with Crippen LogP contribution in [0.15, 0.2) is 17.5 Å². The molecule has 2 rings (SSSR count). The van der Waals surface area contributed by atoms with E-state index in [4.69, 9.17) is 0 Å². The minimum Gasteiger partial charge on any atom is -0.344 e. The Morgan fingerprint density at radius 3 is 2.84 bits per heavy atom. The Bertz CT molecular complexity index is 433. The molecule has 0 aliphatic carbocycles. The molecule has 1 saturated heterocycles. The van der Waals surface area contributed by atoms with Crippen molar-refractivity contribution in [3.05, 3.63) is 22.4 Å². The van der Waals surface area contributed by atoms with Crippen molar-refractivity contribution in [1.29, 1.82) is 0 Å². The predicted molar refractivity (Wildman–Crippen MR) is 67.1 cm³/mol. The van der Waals surface area contributed by atoms with Crippen LogP contribution in [0, 0.1) is 0 Å². The molecule has 0 spiro atoms. The number of halogens is 3. The van der Waals surface area contributed by atoms with Crippen LogP contribution >= 0.6 is 11.3 Å². The number of thiophene rings is 1. The lowest BCUT2D eigenvalue weighted by atomic mass is 9.88. The van der Waals surface area contributed by atoms with E-state index in [0.29, 0.717) is 13.0 Å². The molecule has 3 atom stereocenters. The van der Waals surface area contributed by atoms with Crippen molar-refractivity contribution in [2.24, 2.45) is 0 Å². The van der Waals surface area contributed by atoms with Crippen LogP contribution in [0.1, 0.15) is 24.1 Å². The van der Waals surface area contributed by atoms with E-state index in [1.54, 1.807) is 11.3 Å². The van der Waals surface area contributed by atoms with Crippen LogP contribution in [-0.2, 0) is 4.79 Å². The summed E-state index contributed by atoms with van der Waals surface area (Å²) in [5.74, 6) is -1.73. The molecule has 2 N–H and O–H groups in total. The van der Waals surface area contributed by atoms with E-state index in [2.05, 4.69) is 5.32 Å². The standard InChI is InChI=1S/C12H15F3N2OS/c1-7-9(10-3-2-4-19-10)5-8(6-16-7)17-11(18)12(13,14)15/h2-4,7-9,16H,5-6H2,1H3,(H,17,18). The number of nitrogens with one attached hydrogen (secondary N) is 2. The first-order valence-corrected chi connectivity index (χ1v) is 6.90. The van der Waals surface area contributed by atoms with E-state index in [1.165, 1.54) is 0 Å². The molecule has 0 bridgehead atoms. The van der Waals surface area contributed by atoms with Crippen molar-refractivity contribution >= 4 is 17.2 Å². The first-order valence-electron chi connectivity index (χ1n) is 6.02. The molecular formula is C12H15F3N2OS. The highest BCUT2D eigenvalue weighted by molar-refractivity contribution is 7.10. The Morgan fingerprint density at radius 1 is 1.53 bits per heavy atom. The second-order valence-electron chi connectivity index (χ2n) is 4.72. The maximum absolute atomic E-state index is 12.2. The van der Waals surface area contributed by atoms with Gasteiger partial charge in [-0.25, -0.2) is 0 Å². The largest absolute Gasteiger partial charge is 0.471 e. The third kappa shape index (κ3) is 3.48. The Labute approximate surface area is 113 Å². The summed E-state index contributed by atoms with van der Waals surface area (Å²) in [4.78, 5) is 12.1. The number of alkyl halides is 3. The van der Waals surface area contributed by atoms with Gasteiger partial charge in [0.1, 0.15) is 0 Å². The Kier molecular flexibility index (Phi) is 4.15. The van der Waals surface area contributed by atoms with E-state index < -0.39 is 18.1 Å². The molecule has 2 heterocycles. The maximum Gasteiger partial charge on any atom is 0.471 e. The third-order valence-corrected chi connectivity index (χ3v) is 4.33. The average molecular weight is 292 g/mol. The molecule has 0 radical (unpaired) electrons. The van der Waals surface area contributed by atoms with E-state index >= 15 is 0 Å². The summed E-state index contributed by atoms with van der Waals surface area (Å²) < 4.78 is 36.7. The molecule has 0 aromatic carbocycles. The summed E-state index contributed by atoms with van der Waals surface area (Å²) in [6, 6.07) is 3.60. The van der Waals surface area contributed by atoms with Crippen molar-refractivity contribution in [3.8, 4) is 0 Å². The molecule has 1 aliphatic rings. The van der Waals surface area contributed by atoms with Gasteiger partial charge in [-0.05, 0) is 24.8 Å². The van der Waals surface area contributed by atoms with Crippen LogP contribution in [0.5, 0.6) is 0 Å². The third-order valence-electron chi connectivity index (χ3n) is 3.33. The lowest BCUT2D eigenvalue weighted by molar-refractivity contribution is -0.174. The fraction of sp³-hybridized carbons (Fsp3) is 0.583. The van der Waals surface area contributed by atoms with Gasteiger partial charge in [-0.15, -0.1) is 11.3 Å². The normalized spacial score (nSPS) is 28.1. The first-order chi connectivity index (χ1) is 8.88. The van der Waals surface area contributed by atoms with Crippen molar-refractivity contribution in [3.63, 3.8) is 0 Å². The molecule has 0 saturated carbocycles. The zero-order valence-corrected chi connectivity index (χ0v) is 11.1. The van der Waals surface area contributed by atoms with Crippen LogP contribution in [0.25, 0.3) is 0 Å². The summed E-state index contributed by atoms with van der Waals surface area (Å²) >= 11 is 1.58. The van der Waals surface area contributed by atoms with Crippen molar-refractivity contribution in [2.45, 2.75) is 37.5 Å². The summed E-state index contributed by atoms with van der Waals surface area (Å²) in [7, 11) is 0. The molecule has 1 amide bonds. The van der Waals surface area contributed by atoms with Crippen LogP contribution in [0.4, 0.5) is 13.2 Å². The average Bonchev–Trinajstić information content (AvgIpc) is 2.83. The van der Waals surface area contributed by atoms with Crippen LogP contribution in [0.2, 0.25) is 0 Å². The van der Waals surface area contributed by atoms with Crippen molar-refractivity contribution in [2.75, 3.05) is 6.54 Å². The van der Waals surface area contributed by atoms with Crippen LogP contribution in [0.3, 0.4) is 0 Å². The number of rotatable bonds is 2. The molecule has 1 aromatic heterocycles. The van der Waals surface area contributed by atoms with Crippen LogP contribution in [-0.4, -0.2) is 30.7 Å². The van der Waals surface area contributed by atoms with E-state index in [-0.39, 0.29) is 12.0 Å².